The maximum atomic E-state index is 12.0. The lowest BCUT2D eigenvalue weighted by Gasteiger charge is -2.26. The van der Waals surface area contributed by atoms with Gasteiger partial charge in [-0.1, -0.05) is 39.0 Å². The van der Waals surface area contributed by atoms with Gasteiger partial charge in [0.2, 0.25) is 5.91 Å². The van der Waals surface area contributed by atoms with Crippen LogP contribution >= 0.6 is 0 Å². The molecule has 0 bridgehead atoms. The number of aliphatic hydroxyl groups excluding tert-OH is 1. The van der Waals surface area contributed by atoms with Gasteiger partial charge in [-0.2, -0.15) is 0 Å². The van der Waals surface area contributed by atoms with Gasteiger partial charge in [0.25, 0.3) is 0 Å². The first-order valence-corrected chi connectivity index (χ1v) is 6.60. The van der Waals surface area contributed by atoms with Crippen LogP contribution in [0.15, 0.2) is 24.3 Å². The average molecular weight is 263 g/mol. The lowest BCUT2D eigenvalue weighted by Crippen LogP contribution is -2.44. The number of amides is 1. The molecule has 0 saturated heterocycles. The standard InChI is InChI=1S/C15H21NO3/c1-15(2,3)14(18)16-11-8-9-19-12-7-5-4-6-10(12)13(11)17/h4-7,11,13,17H,8-9H2,1-3H3,(H,16,18). The molecule has 2 unspecified atom stereocenters. The van der Waals surface area contributed by atoms with Crippen molar-refractivity contribution in [3.05, 3.63) is 29.8 Å². The van der Waals surface area contributed by atoms with Crippen molar-refractivity contribution in [2.75, 3.05) is 6.61 Å². The molecule has 0 aliphatic carbocycles. The summed E-state index contributed by atoms with van der Waals surface area (Å²) < 4.78 is 5.60. The molecule has 0 saturated carbocycles. The van der Waals surface area contributed by atoms with Crippen molar-refractivity contribution in [3.63, 3.8) is 0 Å². The second-order valence-electron chi connectivity index (χ2n) is 5.95. The molecule has 0 spiro atoms. The van der Waals surface area contributed by atoms with Gasteiger partial charge in [-0.25, -0.2) is 0 Å². The van der Waals surface area contributed by atoms with E-state index in [9.17, 15) is 9.90 Å². The Kier molecular flexibility index (Phi) is 3.80. The van der Waals surface area contributed by atoms with E-state index in [0.717, 1.165) is 5.56 Å². The zero-order valence-electron chi connectivity index (χ0n) is 11.6. The van der Waals surface area contributed by atoms with Crippen LogP contribution < -0.4 is 10.1 Å². The van der Waals surface area contributed by atoms with Gasteiger partial charge in [0.05, 0.1) is 12.6 Å². The molecule has 2 atom stereocenters. The van der Waals surface area contributed by atoms with Crippen LogP contribution in [0.3, 0.4) is 0 Å². The third kappa shape index (κ3) is 3.07. The molecule has 1 aromatic rings. The van der Waals surface area contributed by atoms with E-state index in [0.29, 0.717) is 18.8 Å². The number of para-hydroxylation sites is 1. The van der Waals surface area contributed by atoms with E-state index in [4.69, 9.17) is 4.74 Å². The maximum absolute atomic E-state index is 12.0. The number of benzene rings is 1. The number of fused-ring (bicyclic) bond motifs is 1. The highest BCUT2D eigenvalue weighted by molar-refractivity contribution is 5.81. The molecular formula is C15H21NO3. The van der Waals surface area contributed by atoms with Gasteiger partial charge in [-0.3, -0.25) is 4.79 Å². The number of hydrogen-bond donors (Lipinski definition) is 2. The zero-order valence-corrected chi connectivity index (χ0v) is 11.6. The molecule has 1 aliphatic rings. The van der Waals surface area contributed by atoms with Crippen molar-refractivity contribution >= 4 is 5.91 Å². The number of rotatable bonds is 1. The average Bonchev–Trinajstić information content (AvgIpc) is 2.50. The Hall–Kier alpha value is -1.55. The third-order valence-electron chi connectivity index (χ3n) is 3.30. The summed E-state index contributed by atoms with van der Waals surface area (Å²) in [5.74, 6) is 0.637. The molecule has 0 radical (unpaired) electrons. The predicted octanol–water partition coefficient (Wildman–Crippen LogP) is 2.03. The summed E-state index contributed by atoms with van der Waals surface area (Å²) in [4.78, 5) is 12.0. The number of aliphatic hydroxyl groups is 1. The van der Waals surface area contributed by atoms with Gasteiger partial charge in [-0.05, 0) is 6.07 Å². The van der Waals surface area contributed by atoms with Crippen LogP contribution in [0.5, 0.6) is 5.75 Å². The maximum Gasteiger partial charge on any atom is 0.225 e. The molecule has 2 rings (SSSR count). The fraction of sp³-hybridized carbons (Fsp3) is 0.533. The van der Waals surface area contributed by atoms with Crippen LogP contribution in [0.2, 0.25) is 0 Å². The second kappa shape index (κ2) is 5.21. The first kappa shape index (κ1) is 13.9. The fourth-order valence-electron chi connectivity index (χ4n) is 2.06. The Labute approximate surface area is 113 Å². The minimum absolute atomic E-state index is 0.0593. The molecule has 1 heterocycles. The molecule has 0 aromatic heterocycles. The SMILES string of the molecule is CC(C)(C)C(=O)NC1CCOc2ccccc2C1O. The van der Waals surface area contributed by atoms with Gasteiger partial charge >= 0.3 is 0 Å². The highest BCUT2D eigenvalue weighted by atomic mass is 16.5. The number of carbonyl (C=O) groups excluding carboxylic acids is 1. The number of carbonyl (C=O) groups is 1. The van der Waals surface area contributed by atoms with Crippen molar-refractivity contribution in [2.45, 2.75) is 39.3 Å². The summed E-state index contributed by atoms with van der Waals surface area (Å²) in [6, 6.07) is 7.10. The molecule has 1 amide bonds. The summed E-state index contributed by atoms with van der Waals surface area (Å²) in [6.07, 6.45) is -0.137. The first-order valence-electron chi connectivity index (χ1n) is 6.60. The minimum Gasteiger partial charge on any atom is -0.493 e. The van der Waals surface area contributed by atoms with Crippen LogP contribution in [0.4, 0.5) is 0 Å². The summed E-state index contributed by atoms with van der Waals surface area (Å²) >= 11 is 0. The van der Waals surface area contributed by atoms with E-state index in [1.54, 1.807) is 0 Å². The summed E-state index contributed by atoms with van der Waals surface area (Å²) in [5.41, 5.74) is 0.270. The lowest BCUT2D eigenvalue weighted by molar-refractivity contribution is -0.130. The van der Waals surface area contributed by atoms with Crippen molar-refractivity contribution in [1.29, 1.82) is 0 Å². The van der Waals surface area contributed by atoms with E-state index in [1.807, 2.05) is 45.0 Å². The Morgan fingerprint density at radius 2 is 2.05 bits per heavy atom. The van der Waals surface area contributed by atoms with Gasteiger partial charge < -0.3 is 15.2 Å². The highest BCUT2D eigenvalue weighted by Gasteiger charge is 2.31. The number of nitrogens with one attached hydrogen (secondary N) is 1. The molecule has 1 aromatic carbocycles. The largest absolute Gasteiger partial charge is 0.493 e. The van der Waals surface area contributed by atoms with Crippen molar-refractivity contribution in [2.24, 2.45) is 5.41 Å². The zero-order chi connectivity index (χ0) is 14.0. The van der Waals surface area contributed by atoms with Crippen LogP contribution in [-0.4, -0.2) is 23.7 Å². The van der Waals surface area contributed by atoms with E-state index >= 15 is 0 Å². The van der Waals surface area contributed by atoms with Crippen molar-refractivity contribution in [1.82, 2.24) is 5.32 Å². The van der Waals surface area contributed by atoms with Crippen LogP contribution in [0, 0.1) is 5.41 Å². The van der Waals surface area contributed by atoms with E-state index in [1.165, 1.54) is 0 Å². The van der Waals surface area contributed by atoms with Crippen LogP contribution in [-0.2, 0) is 4.79 Å². The third-order valence-corrected chi connectivity index (χ3v) is 3.30. The first-order chi connectivity index (χ1) is 8.89. The minimum atomic E-state index is -0.731. The van der Waals surface area contributed by atoms with Gasteiger partial charge in [0, 0.05) is 17.4 Å². The van der Waals surface area contributed by atoms with E-state index in [-0.39, 0.29) is 11.9 Å². The second-order valence-corrected chi connectivity index (χ2v) is 5.95. The van der Waals surface area contributed by atoms with Crippen molar-refractivity contribution in [3.8, 4) is 5.75 Å². The van der Waals surface area contributed by atoms with Crippen LogP contribution in [0.25, 0.3) is 0 Å². The molecular weight excluding hydrogens is 242 g/mol. The molecule has 2 N–H and O–H groups in total. The van der Waals surface area contributed by atoms with Gasteiger partial charge in [-0.15, -0.1) is 0 Å². The number of hydrogen-bond acceptors (Lipinski definition) is 3. The van der Waals surface area contributed by atoms with Crippen molar-refractivity contribution < 1.29 is 14.6 Å². The summed E-state index contributed by atoms with van der Waals surface area (Å²) in [6.45, 7) is 6.06. The summed E-state index contributed by atoms with van der Waals surface area (Å²) in [7, 11) is 0. The van der Waals surface area contributed by atoms with Gasteiger partial charge in [0.15, 0.2) is 0 Å². The molecule has 19 heavy (non-hydrogen) atoms. The predicted molar refractivity (Wildman–Crippen MR) is 72.9 cm³/mol. The number of ether oxygens (including phenoxy) is 1. The normalized spacial score (nSPS) is 22.9. The monoisotopic (exact) mass is 263 g/mol. The lowest BCUT2D eigenvalue weighted by atomic mass is 9.93. The molecule has 1 aliphatic heterocycles. The molecule has 0 fully saturated rings. The fourth-order valence-corrected chi connectivity index (χ4v) is 2.06. The topological polar surface area (TPSA) is 58.6 Å². The van der Waals surface area contributed by atoms with E-state index < -0.39 is 11.5 Å². The Balaban J connectivity index is 2.18. The molecule has 104 valence electrons. The molecule has 4 nitrogen and oxygen atoms in total. The highest BCUT2D eigenvalue weighted by Crippen LogP contribution is 2.31. The van der Waals surface area contributed by atoms with Crippen LogP contribution in [0.1, 0.15) is 38.9 Å². The summed E-state index contributed by atoms with van der Waals surface area (Å²) in [5, 5.41) is 13.3. The van der Waals surface area contributed by atoms with Gasteiger partial charge in [0.1, 0.15) is 11.9 Å². The smallest absolute Gasteiger partial charge is 0.225 e. The Morgan fingerprint density at radius 1 is 1.37 bits per heavy atom. The van der Waals surface area contributed by atoms with E-state index in [2.05, 4.69) is 5.32 Å². The Bertz CT molecular complexity index is 465. The molecule has 4 heteroatoms. The Morgan fingerprint density at radius 3 is 2.74 bits per heavy atom. The quantitative estimate of drug-likeness (QED) is 0.815.